The molecular formula is C22H19ClN4O2. The van der Waals surface area contributed by atoms with Crippen LogP contribution in [0.25, 0.3) is 10.9 Å². The van der Waals surface area contributed by atoms with Crippen molar-refractivity contribution in [2.75, 3.05) is 0 Å². The van der Waals surface area contributed by atoms with E-state index in [9.17, 15) is 9.59 Å². The number of nitrogens with one attached hydrogen (secondary N) is 2. The van der Waals surface area contributed by atoms with Crippen LogP contribution in [0.5, 0.6) is 0 Å². The maximum atomic E-state index is 13.0. The predicted octanol–water partition coefficient (Wildman–Crippen LogP) is 3.95. The van der Waals surface area contributed by atoms with Crippen molar-refractivity contribution in [2.45, 2.75) is 13.0 Å². The molecule has 0 saturated heterocycles. The first kappa shape index (κ1) is 19.0. The molecule has 0 radical (unpaired) electrons. The molecule has 0 spiro atoms. The van der Waals surface area contributed by atoms with Gasteiger partial charge in [0.25, 0.3) is 11.7 Å². The maximum Gasteiger partial charge on any atom is 0.293 e. The second-order valence-corrected chi connectivity index (χ2v) is 7.29. The third kappa shape index (κ3) is 3.54. The number of imidazole rings is 1. The lowest BCUT2D eigenvalue weighted by Gasteiger charge is -2.19. The molecule has 0 aliphatic rings. The molecule has 6 nitrogen and oxygen atoms in total. The summed E-state index contributed by atoms with van der Waals surface area (Å²) in [6.07, 6.45) is 3.44. The lowest BCUT2D eigenvalue weighted by Crippen LogP contribution is -2.36. The lowest BCUT2D eigenvalue weighted by atomic mass is 10.0. The van der Waals surface area contributed by atoms with Crippen LogP contribution in [-0.2, 0) is 11.8 Å². The number of amides is 1. The SMILES string of the molecule is Cc1[nH]c2ccccc2c1C(=O)C(=O)N[C@H](c1ccc(Cl)cc1)c1nccn1C. The molecule has 0 aliphatic carbocycles. The Balaban J connectivity index is 1.69. The van der Waals surface area contributed by atoms with E-state index in [0.29, 0.717) is 22.1 Å². The molecule has 1 amide bonds. The summed E-state index contributed by atoms with van der Waals surface area (Å²) in [4.78, 5) is 33.5. The number of carbonyl (C=O) groups excluding carboxylic acids is 2. The number of H-pyrrole nitrogens is 1. The van der Waals surface area contributed by atoms with Crippen LogP contribution in [0.1, 0.15) is 33.5 Å². The summed E-state index contributed by atoms with van der Waals surface area (Å²) in [5.41, 5.74) is 2.64. The first-order chi connectivity index (χ1) is 14.0. The molecule has 0 bridgehead atoms. The number of nitrogens with zero attached hydrogens (tertiary/aromatic N) is 2. The van der Waals surface area contributed by atoms with Gasteiger partial charge in [-0.15, -0.1) is 0 Å². The molecule has 1 atom stereocenters. The highest BCUT2D eigenvalue weighted by atomic mass is 35.5. The molecule has 2 aromatic heterocycles. The molecule has 4 rings (SSSR count). The van der Waals surface area contributed by atoms with Crippen LogP contribution in [0.15, 0.2) is 60.9 Å². The summed E-state index contributed by atoms with van der Waals surface area (Å²) < 4.78 is 1.81. The van der Waals surface area contributed by atoms with Crippen LogP contribution in [0.3, 0.4) is 0 Å². The second-order valence-electron chi connectivity index (χ2n) is 6.85. The van der Waals surface area contributed by atoms with Crippen molar-refractivity contribution in [3.05, 3.63) is 88.6 Å². The first-order valence-electron chi connectivity index (χ1n) is 9.11. The van der Waals surface area contributed by atoms with E-state index in [4.69, 9.17) is 11.6 Å². The fourth-order valence-electron chi connectivity index (χ4n) is 3.49. The van der Waals surface area contributed by atoms with Crippen molar-refractivity contribution in [3.8, 4) is 0 Å². The van der Waals surface area contributed by atoms with Crippen molar-refractivity contribution in [3.63, 3.8) is 0 Å². The van der Waals surface area contributed by atoms with Crippen molar-refractivity contribution in [1.82, 2.24) is 19.9 Å². The number of benzene rings is 2. The Bertz CT molecular complexity index is 1210. The monoisotopic (exact) mass is 406 g/mol. The van der Waals surface area contributed by atoms with Gasteiger partial charge in [0, 0.05) is 41.1 Å². The molecule has 2 heterocycles. The Morgan fingerprint density at radius 3 is 2.55 bits per heavy atom. The fourth-order valence-corrected chi connectivity index (χ4v) is 3.61. The summed E-state index contributed by atoms with van der Waals surface area (Å²) in [5.74, 6) is -0.668. The predicted molar refractivity (Wildman–Crippen MR) is 112 cm³/mol. The Morgan fingerprint density at radius 1 is 1.14 bits per heavy atom. The molecule has 0 aliphatic heterocycles. The number of Topliss-reactive ketones (excluding diaryl/α,β-unsaturated/α-hetero) is 1. The Labute approximate surface area is 172 Å². The minimum absolute atomic E-state index is 0.382. The molecule has 2 N–H and O–H groups in total. The number of aromatic amines is 1. The van der Waals surface area contributed by atoms with E-state index in [1.165, 1.54) is 0 Å². The van der Waals surface area contributed by atoms with E-state index < -0.39 is 17.7 Å². The molecule has 0 saturated carbocycles. The quantitative estimate of drug-likeness (QED) is 0.389. The van der Waals surface area contributed by atoms with Crippen LogP contribution < -0.4 is 5.32 Å². The highest BCUT2D eigenvalue weighted by Gasteiger charge is 2.27. The third-order valence-electron chi connectivity index (χ3n) is 4.92. The summed E-state index contributed by atoms with van der Waals surface area (Å²) in [7, 11) is 1.84. The summed E-state index contributed by atoms with van der Waals surface area (Å²) in [6, 6.07) is 13.9. The number of rotatable bonds is 5. The Hall–Kier alpha value is -3.38. The Morgan fingerprint density at radius 2 is 1.86 bits per heavy atom. The van der Waals surface area contributed by atoms with Gasteiger partial charge in [-0.05, 0) is 30.7 Å². The number of halogens is 1. The molecule has 146 valence electrons. The van der Waals surface area contributed by atoms with Gasteiger partial charge in [0.1, 0.15) is 11.9 Å². The number of aryl methyl sites for hydroxylation is 2. The van der Waals surface area contributed by atoms with Crippen LogP contribution in [0, 0.1) is 6.92 Å². The summed E-state index contributed by atoms with van der Waals surface area (Å²) >= 11 is 6.00. The number of hydrogen-bond acceptors (Lipinski definition) is 3. The molecule has 29 heavy (non-hydrogen) atoms. The Kier molecular flexibility index (Phi) is 4.94. The van der Waals surface area contributed by atoms with Crippen molar-refractivity contribution < 1.29 is 9.59 Å². The topological polar surface area (TPSA) is 79.8 Å². The van der Waals surface area contributed by atoms with Gasteiger partial charge in [-0.2, -0.15) is 0 Å². The van der Waals surface area contributed by atoms with E-state index in [0.717, 1.165) is 16.5 Å². The van der Waals surface area contributed by atoms with Crippen LogP contribution in [0.2, 0.25) is 5.02 Å². The lowest BCUT2D eigenvalue weighted by molar-refractivity contribution is -0.117. The highest BCUT2D eigenvalue weighted by molar-refractivity contribution is 6.45. The summed E-state index contributed by atoms with van der Waals surface area (Å²) in [6.45, 7) is 1.79. The number of carbonyl (C=O) groups is 2. The van der Waals surface area contributed by atoms with Gasteiger partial charge in [0.15, 0.2) is 0 Å². The average molecular weight is 407 g/mol. The number of ketones is 1. The fraction of sp³-hybridized carbons (Fsp3) is 0.136. The third-order valence-corrected chi connectivity index (χ3v) is 5.17. The molecule has 7 heteroatoms. The number of hydrogen-bond donors (Lipinski definition) is 2. The number of para-hydroxylation sites is 1. The number of aromatic nitrogens is 3. The van der Waals surface area contributed by atoms with Crippen LogP contribution in [-0.4, -0.2) is 26.2 Å². The van der Waals surface area contributed by atoms with Crippen LogP contribution >= 0.6 is 11.6 Å². The van der Waals surface area contributed by atoms with Gasteiger partial charge < -0.3 is 14.9 Å². The first-order valence-corrected chi connectivity index (χ1v) is 9.48. The standard InChI is InChI=1S/C22H19ClN4O2/c1-13-18(16-5-3-4-6-17(16)25-13)20(28)22(29)26-19(21-24-11-12-27(21)2)14-7-9-15(23)10-8-14/h3-12,19,25H,1-2H3,(H,26,29)/t19-/m1/s1. The normalized spacial score (nSPS) is 12.1. The zero-order valence-corrected chi connectivity index (χ0v) is 16.7. The molecule has 0 fully saturated rings. The highest BCUT2D eigenvalue weighted by Crippen LogP contribution is 2.25. The van der Waals surface area contributed by atoms with Crippen LogP contribution in [0.4, 0.5) is 0 Å². The molecule has 0 unspecified atom stereocenters. The van der Waals surface area contributed by atoms with E-state index in [2.05, 4.69) is 15.3 Å². The zero-order valence-electron chi connectivity index (χ0n) is 15.9. The van der Waals surface area contributed by atoms with Gasteiger partial charge in [-0.25, -0.2) is 4.98 Å². The summed E-state index contributed by atoms with van der Waals surface area (Å²) in [5, 5.41) is 4.16. The second kappa shape index (κ2) is 7.56. The largest absolute Gasteiger partial charge is 0.358 e. The van der Waals surface area contributed by atoms with Gasteiger partial charge in [-0.3, -0.25) is 9.59 Å². The van der Waals surface area contributed by atoms with Gasteiger partial charge >= 0.3 is 0 Å². The van der Waals surface area contributed by atoms with Crippen molar-refractivity contribution in [1.29, 1.82) is 0 Å². The molecular weight excluding hydrogens is 388 g/mol. The van der Waals surface area contributed by atoms with Gasteiger partial charge in [0.2, 0.25) is 0 Å². The smallest absolute Gasteiger partial charge is 0.293 e. The van der Waals surface area contributed by atoms with E-state index in [1.807, 2.05) is 43.4 Å². The van der Waals surface area contributed by atoms with E-state index >= 15 is 0 Å². The molecule has 2 aromatic carbocycles. The van der Waals surface area contributed by atoms with Crippen molar-refractivity contribution in [2.24, 2.45) is 7.05 Å². The van der Waals surface area contributed by atoms with Gasteiger partial charge in [-0.1, -0.05) is 41.9 Å². The minimum Gasteiger partial charge on any atom is -0.358 e. The van der Waals surface area contributed by atoms with E-state index in [1.54, 1.807) is 36.0 Å². The number of fused-ring (bicyclic) bond motifs is 1. The van der Waals surface area contributed by atoms with E-state index in [-0.39, 0.29) is 0 Å². The van der Waals surface area contributed by atoms with Gasteiger partial charge in [0.05, 0.1) is 5.56 Å². The van der Waals surface area contributed by atoms with Crippen molar-refractivity contribution >= 4 is 34.2 Å². The minimum atomic E-state index is -0.694. The molecule has 4 aromatic rings. The maximum absolute atomic E-state index is 13.0. The zero-order chi connectivity index (χ0) is 20.5. The average Bonchev–Trinajstić information content (AvgIpc) is 3.28.